The van der Waals surface area contributed by atoms with Crippen molar-refractivity contribution in [2.45, 2.75) is 38.0 Å². The normalized spacial score (nSPS) is 24.5. The number of piperidine rings is 1. The van der Waals surface area contributed by atoms with E-state index in [1.165, 1.54) is 30.7 Å². The molecule has 0 saturated carbocycles. The zero-order chi connectivity index (χ0) is 12.4. The second-order valence-electron chi connectivity index (χ2n) is 5.16. The van der Waals surface area contributed by atoms with Crippen molar-refractivity contribution >= 4 is 21.7 Å². The summed E-state index contributed by atoms with van der Waals surface area (Å²) in [6, 6.07) is 4.04. The van der Waals surface area contributed by atoms with Gasteiger partial charge in [-0.3, -0.25) is 0 Å². The van der Waals surface area contributed by atoms with E-state index >= 15 is 0 Å². The molecule has 18 heavy (non-hydrogen) atoms. The van der Waals surface area contributed by atoms with Crippen LogP contribution in [0.15, 0.2) is 18.3 Å². The standard InChI is InChI=1S/C14H19N3S/c1-2-6-14(7-4-8-15-10-14)13-17-11-5-3-9-16-12(11)18-13/h3,5,9,15H,2,4,6-8,10H2,1H3. The van der Waals surface area contributed by atoms with Gasteiger partial charge < -0.3 is 5.32 Å². The second kappa shape index (κ2) is 4.94. The molecule has 1 fully saturated rings. The van der Waals surface area contributed by atoms with Gasteiger partial charge in [-0.05, 0) is 37.9 Å². The summed E-state index contributed by atoms with van der Waals surface area (Å²) in [5.74, 6) is 0. The Bertz CT molecular complexity index is 490. The summed E-state index contributed by atoms with van der Waals surface area (Å²) in [6.07, 6.45) is 6.80. The smallest absolute Gasteiger partial charge is 0.143 e. The van der Waals surface area contributed by atoms with Gasteiger partial charge in [-0.15, -0.1) is 0 Å². The first-order valence-electron chi connectivity index (χ1n) is 6.77. The zero-order valence-corrected chi connectivity index (χ0v) is 11.6. The van der Waals surface area contributed by atoms with E-state index in [0.717, 1.165) is 23.4 Å². The van der Waals surface area contributed by atoms with Crippen LogP contribution >= 0.6 is 11.3 Å². The molecule has 0 radical (unpaired) electrons. The third kappa shape index (κ3) is 2.04. The Morgan fingerprint density at radius 1 is 1.50 bits per heavy atom. The Balaban J connectivity index is 2.03. The van der Waals surface area contributed by atoms with Crippen molar-refractivity contribution in [3.8, 4) is 0 Å². The van der Waals surface area contributed by atoms with Gasteiger partial charge in [-0.25, -0.2) is 9.97 Å². The predicted octanol–water partition coefficient (Wildman–Crippen LogP) is 3.11. The lowest BCUT2D eigenvalue weighted by molar-refractivity contribution is 0.290. The predicted molar refractivity (Wildman–Crippen MR) is 76.1 cm³/mol. The van der Waals surface area contributed by atoms with Crippen LogP contribution in [-0.4, -0.2) is 23.1 Å². The number of nitrogens with one attached hydrogen (secondary N) is 1. The van der Waals surface area contributed by atoms with Gasteiger partial charge in [0.25, 0.3) is 0 Å². The van der Waals surface area contributed by atoms with E-state index in [1.54, 1.807) is 11.3 Å². The van der Waals surface area contributed by atoms with E-state index in [9.17, 15) is 0 Å². The van der Waals surface area contributed by atoms with E-state index in [4.69, 9.17) is 4.98 Å². The van der Waals surface area contributed by atoms with Gasteiger partial charge in [-0.1, -0.05) is 24.7 Å². The van der Waals surface area contributed by atoms with Crippen molar-refractivity contribution in [2.75, 3.05) is 13.1 Å². The molecule has 1 aliphatic rings. The summed E-state index contributed by atoms with van der Waals surface area (Å²) in [5, 5.41) is 4.83. The highest BCUT2D eigenvalue weighted by atomic mass is 32.1. The molecule has 1 saturated heterocycles. The van der Waals surface area contributed by atoms with Crippen molar-refractivity contribution in [2.24, 2.45) is 0 Å². The van der Waals surface area contributed by atoms with Crippen LogP contribution in [0.2, 0.25) is 0 Å². The Morgan fingerprint density at radius 3 is 3.17 bits per heavy atom. The maximum Gasteiger partial charge on any atom is 0.143 e. The minimum absolute atomic E-state index is 0.248. The van der Waals surface area contributed by atoms with Gasteiger partial charge in [0.2, 0.25) is 0 Å². The van der Waals surface area contributed by atoms with Crippen molar-refractivity contribution in [3.63, 3.8) is 0 Å². The third-order valence-electron chi connectivity index (χ3n) is 3.82. The molecule has 1 unspecified atom stereocenters. The average Bonchev–Trinajstić information content (AvgIpc) is 2.84. The molecule has 0 aromatic carbocycles. The van der Waals surface area contributed by atoms with Crippen molar-refractivity contribution < 1.29 is 0 Å². The molecule has 0 bridgehead atoms. The molecule has 96 valence electrons. The molecule has 0 spiro atoms. The van der Waals surface area contributed by atoms with Crippen molar-refractivity contribution in [1.29, 1.82) is 0 Å². The van der Waals surface area contributed by atoms with Gasteiger partial charge in [0.1, 0.15) is 15.4 Å². The molecule has 3 nitrogen and oxygen atoms in total. The number of pyridine rings is 1. The lowest BCUT2D eigenvalue weighted by Crippen LogP contribution is -2.43. The molecule has 1 N–H and O–H groups in total. The summed E-state index contributed by atoms with van der Waals surface area (Å²) in [5.41, 5.74) is 1.30. The summed E-state index contributed by atoms with van der Waals surface area (Å²) in [6.45, 7) is 4.48. The van der Waals surface area contributed by atoms with Crippen LogP contribution in [0.3, 0.4) is 0 Å². The average molecular weight is 261 g/mol. The Morgan fingerprint density at radius 2 is 2.44 bits per heavy atom. The van der Waals surface area contributed by atoms with Crippen LogP contribution in [0.1, 0.15) is 37.6 Å². The summed E-state index contributed by atoms with van der Waals surface area (Å²) < 4.78 is 0. The fraction of sp³-hybridized carbons (Fsp3) is 0.571. The molecule has 1 aliphatic heterocycles. The summed E-state index contributed by atoms with van der Waals surface area (Å²) >= 11 is 1.78. The number of hydrogen-bond donors (Lipinski definition) is 1. The van der Waals surface area contributed by atoms with Crippen LogP contribution in [0.5, 0.6) is 0 Å². The first-order valence-corrected chi connectivity index (χ1v) is 7.58. The number of hydrogen-bond acceptors (Lipinski definition) is 4. The summed E-state index contributed by atoms with van der Waals surface area (Å²) in [7, 11) is 0. The van der Waals surface area contributed by atoms with Crippen molar-refractivity contribution in [3.05, 3.63) is 23.3 Å². The Hall–Kier alpha value is -1.00. The largest absolute Gasteiger partial charge is 0.316 e. The minimum Gasteiger partial charge on any atom is -0.316 e. The van der Waals surface area contributed by atoms with E-state index in [-0.39, 0.29) is 5.41 Å². The Labute approximate surface area is 112 Å². The quantitative estimate of drug-likeness (QED) is 0.922. The number of aromatic nitrogens is 2. The van der Waals surface area contributed by atoms with Crippen LogP contribution in [0, 0.1) is 0 Å². The fourth-order valence-electron chi connectivity index (χ4n) is 2.95. The lowest BCUT2D eigenvalue weighted by Gasteiger charge is -2.35. The van der Waals surface area contributed by atoms with E-state index in [0.29, 0.717) is 0 Å². The molecule has 1 atom stereocenters. The molecule has 0 aliphatic carbocycles. The molecule has 4 heteroatoms. The molecular formula is C14H19N3S. The molecule has 0 amide bonds. The highest BCUT2D eigenvalue weighted by molar-refractivity contribution is 7.18. The molecule has 2 aromatic rings. The van der Waals surface area contributed by atoms with Gasteiger partial charge in [0, 0.05) is 18.2 Å². The van der Waals surface area contributed by atoms with Crippen LogP contribution in [-0.2, 0) is 5.41 Å². The highest BCUT2D eigenvalue weighted by Gasteiger charge is 2.36. The minimum atomic E-state index is 0.248. The monoisotopic (exact) mass is 261 g/mol. The molecular weight excluding hydrogens is 242 g/mol. The van der Waals surface area contributed by atoms with E-state index < -0.39 is 0 Å². The SMILES string of the molecule is CCCC1(c2nc3cccnc3s2)CCCNC1. The maximum atomic E-state index is 4.84. The first-order chi connectivity index (χ1) is 8.84. The molecule has 3 heterocycles. The third-order valence-corrected chi connectivity index (χ3v) is 5.05. The van der Waals surface area contributed by atoms with Crippen LogP contribution < -0.4 is 5.32 Å². The van der Waals surface area contributed by atoms with E-state index in [1.807, 2.05) is 12.3 Å². The van der Waals surface area contributed by atoms with Gasteiger partial charge in [-0.2, -0.15) is 0 Å². The van der Waals surface area contributed by atoms with Gasteiger partial charge in [0.15, 0.2) is 0 Å². The lowest BCUT2D eigenvalue weighted by atomic mass is 9.77. The number of rotatable bonds is 3. The van der Waals surface area contributed by atoms with Crippen LogP contribution in [0.25, 0.3) is 10.3 Å². The molecule has 2 aromatic heterocycles. The van der Waals surface area contributed by atoms with Gasteiger partial charge >= 0.3 is 0 Å². The topological polar surface area (TPSA) is 37.8 Å². The van der Waals surface area contributed by atoms with E-state index in [2.05, 4.69) is 23.3 Å². The Kier molecular flexibility index (Phi) is 3.31. The zero-order valence-electron chi connectivity index (χ0n) is 10.8. The van der Waals surface area contributed by atoms with Crippen LogP contribution in [0.4, 0.5) is 0 Å². The highest BCUT2D eigenvalue weighted by Crippen LogP contribution is 2.39. The van der Waals surface area contributed by atoms with Crippen molar-refractivity contribution in [1.82, 2.24) is 15.3 Å². The first kappa shape index (κ1) is 12.1. The number of fused-ring (bicyclic) bond motifs is 1. The maximum absolute atomic E-state index is 4.84. The fourth-order valence-corrected chi connectivity index (χ4v) is 4.10. The number of thiazole rings is 1. The van der Waals surface area contributed by atoms with Gasteiger partial charge in [0.05, 0.1) is 0 Å². The second-order valence-corrected chi connectivity index (χ2v) is 6.13. The number of nitrogens with zero attached hydrogens (tertiary/aromatic N) is 2. The molecule has 3 rings (SSSR count). The summed E-state index contributed by atoms with van der Waals surface area (Å²) in [4.78, 5) is 10.3.